The van der Waals surface area contributed by atoms with Gasteiger partial charge in [0.25, 0.3) is 0 Å². The van der Waals surface area contributed by atoms with E-state index in [1.807, 2.05) is 13.8 Å². The third-order valence-electron chi connectivity index (χ3n) is 1.54. The van der Waals surface area contributed by atoms with E-state index in [2.05, 4.69) is 0 Å². The fraction of sp³-hybridized carbons (Fsp3) is 0.917. The van der Waals surface area contributed by atoms with E-state index in [1.165, 1.54) is 0 Å². The van der Waals surface area contributed by atoms with Crippen molar-refractivity contribution < 1.29 is 19.7 Å². The monoisotopic (exact) mass is 268 g/mol. The van der Waals surface area contributed by atoms with Crippen molar-refractivity contribution in [2.45, 2.75) is 65.3 Å². The van der Waals surface area contributed by atoms with Crippen LogP contribution in [0.15, 0.2) is 0 Å². The quantitative estimate of drug-likeness (QED) is 0.592. The maximum Gasteiger partial charge on any atom is 0.308 e. The van der Waals surface area contributed by atoms with Crippen LogP contribution in [0.2, 0.25) is 0 Å². The Labute approximate surface area is 109 Å². The summed E-state index contributed by atoms with van der Waals surface area (Å²) in [6, 6.07) is 0. The number of carbonyl (C=O) groups is 1. The van der Waals surface area contributed by atoms with Crippen LogP contribution in [0.1, 0.15) is 47.5 Å². The summed E-state index contributed by atoms with van der Waals surface area (Å²) in [5.41, 5.74) is -0.554. The van der Waals surface area contributed by atoms with E-state index in [9.17, 15) is 9.90 Å². The Morgan fingerprint density at radius 1 is 1.24 bits per heavy atom. The zero-order chi connectivity index (χ0) is 14.1. The molecule has 0 saturated carbocycles. The molecule has 17 heavy (non-hydrogen) atoms. The fourth-order valence-electron chi connectivity index (χ4n) is 1.04. The Bertz CT molecular complexity index is 201. The van der Waals surface area contributed by atoms with E-state index in [1.54, 1.807) is 20.8 Å². The van der Waals surface area contributed by atoms with Crippen molar-refractivity contribution in [3.05, 3.63) is 0 Å². The number of rotatable bonds is 5. The molecule has 0 saturated heterocycles. The number of ether oxygens (including phenoxy) is 1. The summed E-state index contributed by atoms with van der Waals surface area (Å²) >= 11 is 5.36. The molecule has 5 heteroatoms. The Hall–Kier alpha value is -0.320. The molecule has 0 aliphatic heterocycles. The number of aliphatic hydroxyl groups excluding tert-OH is 2. The molecule has 0 aromatic heterocycles. The first-order chi connectivity index (χ1) is 7.74. The summed E-state index contributed by atoms with van der Waals surface area (Å²) in [7, 11) is 0. The number of hydrogen-bond acceptors (Lipinski definition) is 4. The minimum atomic E-state index is -0.909. The largest absolute Gasteiger partial charge is 0.460 e. The van der Waals surface area contributed by atoms with Gasteiger partial charge in [-0.25, -0.2) is 0 Å². The molecule has 104 valence electrons. The van der Waals surface area contributed by atoms with Crippen LogP contribution in [-0.4, -0.2) is 39.9 Å². The van der Waals surface area contributed by atoms with Crippen LogP contribution in [0.25, 0.3) is 0 Å². The number of halogens is 1. The van der Waals surface area contributed by atoms with Crippen molar-refractivity contribution >= 4 is 17.6 Å². The number of alkyl halides is 1. The zero-order valence-electron chi connectivity index (χ0n) is 11.4. The Morgan fingerprint density at radius 2 is 1.71 bits per heavy atom. The highest BCUT2D eigenvalue weighted by atomic mass is 35.5. The van der Waals surface area contributed by atoms with Gasteiger partial charge in [0.15, 0.2) is 0 Å². The topological polar surface area (TPSA) is 66.8 Å². The van der Waals surface area contributed by atoms with Gasteiger partial charge in [0.05, 0.1) is 18.6 Å². The average Bonchev–Trinajstić information content (AvgIpc) is 2.17. The lowest BCUT2D eigenvalue weighted by atomic mass is 10.1. The first-order valence-corrected chi connectivity index (χ1v) is 6.42. The average molecular weight is 269 g/mol. The molecule has 0 bridgehead atoms. The van der Waals surface area contributed by atoms with Crippen molar-refractivity contribution in [3.8, 4) is 0 Å². The van der Waals surface area contributed by atoms with Gasteiger partial charge in [-0.1, -0.05) is 13.8 Å². The van der Waals surface area contributed by atoms with E-state index in [4.69, 9.17) is 21.4 Å². The van der Waals surface area contributed by atoms with E-state index < -0.39 is 23.8 Å². The van der Waals surface area contributed by atoms with Gasteiger partial charge in [-0.3, -0.25) is 4.79 Å². The number of aliphatic hydroxyl groups is 2. The molecule has 0 aromatic carbocycles. The second kappa shape index (κ2) is 9.68. The third-order valence-corrected chi connectivity index (χ3v) is 1.90. The molecule has 0 aliphatic carbocycles. The molecule has 0 amide bonds. The van der Waals surface area contributed by atoms with Gasteiger partial charge in [0.1, 0.15) is 5.60 Å². The van der Waals surface area contributed by atoms with Crippen LogP contribution in [-0.2, 0) is 9.53 Å². The minimum Gasteiger partial charge on any atom is -0.460 e. The second-order valence-electron chi connectivity index (χ2n) is 4.49. The zero-order valence-corrected chi connectivity index (χ0v) is 12.1. The SMILES string of the molecule is CC.CC(C)(C)OC(=O)C[C@H](O)C[C@H](O)CCl. The molecular formula is C12H25ClO4. The van der Waals surface area contributed by atoms with Crippen molar-refractivity contribution in [1.82, 2.24) is 0 Å². The van der Waals surface area contributed by atoms with Gasteiger partial charge in [-0.15, -0.1) is 11.6 Å². The van der Waals surface area contributed by atoms with E-state index >= 15 is 0 Å². The maximum absolute atomic E-state index is 11.2. The molecule has 0 spiro atoms. The molecule has 0 heterocycles. The normalized spacial score (nSPS) is 14.4. The molecule has 2 N–H and O–H groups in total. The van der Waals surface area contributed by atoms with Gasteiger partial charge < -0.3 is 14.9 Å². The summed E-state index contributed by atoms with van der Waals surface area (Å²) in [5, 5.41) is 18.5. The molecule has 0 unspecified atom stereocenters. The van der Waals surface area contributed by atoms with Crippen LogP contribution >= 0.6 is 11.6 Å². The summed E-state index contributed by atoms with van der Waals surface area (Å²) in [6.07, 6.45) is -1.73. The molecule has 0 aromatic rings. The van der Waals surface area contributed by atoms with Gasteiger partial charge in [0, 0.05) is 12.3 Å². The smallest absolute Gasteiger partial charge is 0.308 e. The third kappa shape index (κ3) is 13.6. The van der Waals surface area contributed by atoms with Gasteiger partial charge in [-0.2, -0.15) is 0 Å². The lowest BCUT2D eigenvalue weighted by molar-refractivity contribution is -0.157. The Morgan fingerprint density at radius 3 is 2.06 bits per heavy atom. The van der Waals surface area contributed by atoms with Crippen molar-refractivity contribution in [2.24, 2.45) is 0 Å². The highest BCUT2D eigenvalue weighted by Gasteiger charge is 2.20. The lowest BCUT2D eigenvalue weighted by Crippen LogP contribution is -2.28. The van der Waals surface area contributed by atoms with Gasteiger partial charge in [-0.05, 0) is 20.8 Å². The number of hydrogen-bond donors (Lipinski definition) is 2. The predicted molar refractivity (Wildman–Crippen MR) is 69.2 cm³/mol. The Kier molecular flexibility index (Phi) is 10.8. The molecule has 0 radical (unpaired) electrons. The van der Waals surface area contributed by atoms with Gasteiger partial charge in [0.2, 0.25) is 0 Å². The Balaban J connectivity index is 0. The van der Waals surface area contributed by atoms with Crippen LogP contribution in [0.3, 0.4) is 0 Å². The molecule has 4 nitrogen and oxygen atoms in total. The number of esters is 1. The van der Waals surface area contributed by atoms with Crippen LogP contribution in [0, 0.1) is 0 Å². The summed E-state index contributed by atoms with van der Waals surface area (Å²) in [4.78, 5) is 11.2. The molecule has 0 rings (SSSR count). The highest BCUT2D eigenvalue weighted by molar-refractivity contribution is 6.18. The van der Waals surface area contributed by atoms with Crippen molar-refractivity contribution in [2.75, 3.05) is 5.88 Å². The standard InChI is InChI=1S/C10H19ClO4.C2H6/c1-10(2,3)15-9(14)5-7(12)4-8(13)6-11;1-2/h7-8,12-13H,4-6H2,1-3H3;1-2H3/t7-,8+;/m1./s1. The lowest BCUT2D eigenvalue weighted by Gasteiger charge is -2.21. The maximum atomic E-state index is 11.2. The summed E-state index contributed by atoms with van der Waals surface area (Å²) in [6.45, 7) is 9.26. The fourth-order valence-corrected chi connectivity index (χ4v) is 1.16. The van der Waals surface area contributed by atoms with Crippen molar-refractivity contribution in [3.63, 3.8) is 0 Å². The minimum absolute atomic E-state index is 0.0470. The first-order valence-electron chi connectivity index (χ1n) is 5.88. The van der Waals surface area contributed by atoms with E-state index in [0.29, 0.717) is 0 Å². The highest BCUT2D eigenvalue weighted by Crippen LogP contribution is 2.11. The molecule has 0 aliphatic rings. The molecule has 0 fully saturated rings. The van der Waals surface area contributed by atoms with E-state index in [-0.39, 0.29) is 18.7 Å². The van der Waals surface area contributed by atoms with Crippen molar-refractivity contribution in [1.29, 1.82) is 0 Å². The molecular weight excluding hydrogens is 244 g/mol. The number of carbonyl (C=O) groups excluding carboxylic acids is 1. The second-order valence-corrected chi connectivity index (χ2v) is 4.80. The van der Waals surface area contributed by atoms with Crippen LogP contribution in [0.4, 0.5) is 0 Å². The van der Waals surface area contributed by atoms with Crippen LogP contribution < -0.4 is 0 Å². The van der Waals surface area contributed by atoms with Gasteiger partial charge >= 0.3 is 5.97 Å². The van der Waals surface area contributed by atoms with Crippen LogP contribution in [0.5, 0.6) is 0 Å². The summed E-state index contributed by atoms with van der Waals surface area (Å²) in [5.74, 6) is -0.428. The summed E-state index contributed by atoms with van der Waals surface area (Å²) < 4.78 is 5.01. The van der Waals surface area contributed by atoms with E-state index in [0.717, 1.165) is 0 Å². The first kappa shape index (κ1) is 19.0. The predicted octanol–water partition coefficient (Wildman–Crippen LogP) is 2.10. The molecule has 2 atom stereocenters.